The number of primary amides is 1. The van der Waals surface area contributed by atoms with Gasteiger partial charge >= 0.3 is 0 Å². The lowest BCUT2D eigenvalue weighted by Gasteiger charge is -2.19. The summed E-state index contributed by atoms with van der Waals surface area (Å²) in [6, 6.07) is 0. The van der Waals surface area contributed by atoms with Gasteiger partial charge in [0.2, 0.25) is 0 Å². The number of carbonyl (C=O) groups excluding carboxylic acids is 1. The molecule has 3 N–H and O–H groups in total. The van der Waals surface area contributed by atoms with Crippen molar-refractivity contribution < 1.29 is 4.79 Å². The van der Waals surface area contributed by atoms with Crippen LogP contribution in [0.3, 0.4) is 0 Å². The molecule has 6 heteroatoms. The number of halogens is 2. The molecule has 1 amide bonds. The van der Waals surface area contributed by atoms with Crippen LogP contribution in [0, 0.1) is 0 Å². The predicted octanol–water partition coefficient (Wildman–Crippen LogP) is 1.75. The van der Waals surface area contributed by atoms with Crippen LogP contribution >= 0.6 is 28.3 Å². The zero-order chi connectivity index (χ0) is 11.3. The van der Waals surface area contributed by atoms with E-state index in [2.05, 4.69) is 25.8 Å². The molecule has 17 heavy (non-hydrogen) atoms. The first kappa shape index (κ1) is 12.9. The van der Waals surface area contributed by atoms with Gasteiger partial charge in [0.25, 0.3) is 5.91 Å². The second kappa shape index (κ2) is 4.63. The van der Waals surface area contributed by atoms with Gasteiger partial charge in [-0.2, -0.15) is 0 Å². The predicted molar refractivity (Wildman–Crippen MR) is 71.6 cm³/mol. The summed E-state index contributed by atoms with van der Waals surface area (Å²) in [4.78, 5) is 11.5. The minimum Gasteiger partial charge on any atom is -0.366 e. The Hall–Kier alpha value is -0.520. The molecule has 2 heterocycles. The summed E-state index contributed by atoms with van der Waals surface area (Å²) in [6.07, 6.45) is 2.46. The Bertz CT molecular complexity index is 468. The number of nitrogens with zero attached hydrogens (tertiary/aromatic N) is 1. The number of fused-ring (bicyclic) bond motifs is 1. The van der Waals surface area contributed by atoms with Crippen LogP contribution < -0.4 is 11.1 Å². The van der Waals surface area contributed by atoms with Gasteiger partial charge in [0.15, 0.2) is 0 Å². The van der Waals surface area contributed by atoms with E-state index in [-0.39, 0.29) is 18.3 Å². The summed E-state index contributed by atoms with van der Waals surface area (Å²) >= 11 is 3.55. The maximum atomic E-state index is 11.5. The summed E-state index contributed by atoms with van der Waals surface area (Å²) in [7, 11) is 0. The Labute approximate surface area is 114 Å². The van der Waals surface area contributed by atoms with Gasteiger partial charge in [-0.1, -0.05) is 0 Å². The molecule has 0 atom stereocenters. The van der Waals surface area contributed by atoms with Crippen LogP contribution in [0.5, 0.6) is 0 Å². The third-order valence-electron chi connectivity index (χ3n) is 3.36. The van der Waals surface area contributed by atoms with Crippen LogP contribution in [-0.4, -0.2) is 17.0 Å². The zero-order valence-electron chi connectivity index (χ0n) is 9.33. The fourth-order valence-electron chi connectivity index (χ4n) is 2.50. The summed E-state index contributed by atoms with van der Waals surface area (Å²) in [5.74, 6) is 0.297. The van der Waals surface area contributed by atoms with Crippen LogP contribution in [-0.2, 0) is 13.1 Å². The van der Waals surface area contributed by atoms with Crippen molar-refractivity contribution in [3.05, 3.63) is 21.4 Å². The van der Waals surface area contributed by atoms with Gasteiger partial charge in [0.1, 0.15) is 0 Å². The molecular formula is C11H15BrClN3O. The van der Waals surface area contributed by atoms with Crippen molar-refractivity contribution in [3.63, 3.8) is 0 Å². The first-order chi connectivity index (χ1) is 7.70. The summed E-state index contributed by atoms with van der Waals surface area (Å²) < 4.78 is 3.21. The van der Waals surface area contributed by atoms with Gasteiger partial charge in [0, 0.05) is 36.9 Å². The van der Waals surface area contributed by atoms with Crippen molar-refractivity contribution in [2.24, 2.45) is 5.73 Å². The molecule has 0 aromatic carbocycles. The highest BCUT2D eigenvalue weighted by Crippen LogP contribution is 2.46. The number of hydrogen-bond acceptors (Lipinski definition) is 2. The third-order valence-corrected chi connectivity index (χ3v) is 4.17. The Morgan fingerprint density at radius 3 is 2.76 bits per heavy atom. The molecule has 0 bridgehead atoms. The van der Waals surface area contributed by atoms with Crippen molar-refractivity contribution >= 4 is 34.2 Å². The van der Waals surface area contributed by atoms with Crippen molar-refractivity contribution in [1.82, 2.24) is 9.88 Å². The largest absolute Gasteiger partial charge is 0.366 e. The van der Waals surface area contributed by atoms with E-state index in [9.17, 15) is 4.79 Å². The number of nitrogens with two attached hydrogens (primary N) is 1. The van der Waals surface area contributed by atoms with E-state index in [4.69, 9.17) is 5.73 Å². The number of nitrogens with one attached hydrogen (secondary N) is 1. The Balaban J connectivity index is 0.00000108. The number of aromatic nitrogens is 1. The van der Waals surface area contributed by atoms with Gasteiger partial charge in [0.05, 0.1) is 10.0 Å². The summed E-state index contributed by atoms with van der Waals surface area (Å²) in [6.45, 7) is 2.64. The molecule has 1 aromatic rings. The van der Waals surface area contributed by atoms with Crippen LogP contribution in [0.15, 0.2) is 4.47 Å². The zero-order valence-corrected chi connectivity index (χ0v) is 11.7. The molecule has 1 aromatic heterocycles. The molecule has 94 valence electrons. The molecule has 1 saturated carbocycles. The van der Waals surface area contributed by atoms with E-state index in [0.717, 1.165) is 29.8 Å². The summed E-state index contributed by atoms with van der Waals surface area (Å²) in [5.41, 5.74) is 8.47. The van der Waals surface area contributed by atoms with Gasteiger partial charge in [-0.25, -0.2) is 0 Å². The lowest BCUT2D eigenvalue weighted by molar-refractivity contribution is 0.0998. The van der Waals surface area contributed by atoms with E-state index >= 15 is 0 Å². The second-order valence-corrected chi connectivity index (χ2v) is 5.28. The Kier molecular flexibility index (Phi) is 3.52. The van der Waals surface area contributed by atoms with E-state index in [0.29, 0.717) is 11.5 Å². The second-order valence-electron chi connectivity index (χ2n) is 4.49. The average molecular weight is 321 g/mol. The van der Waals surface area contributed by atoms with Crippen LogP contribution in [0.2, 0.25) is 0 Å². The van der Waals surface area contributed by atoms with Crippen molar-refractivity contribution in [2.45, 2.75) is 31.8 Å². The Morgan fingerprint density at radius 1 is 1.47 bits per heavy atom. The highest BCUT2D eigenvalue weighted by atomic mass is 79.9. The van der Waals surface area contributed by atoms with Gasteiger partial charge in [-0.15, -0.1) is 12.4 Å². The van der Waals surface area contributed by atoms with Crippen molar-refractivity contribution in [2.75, 3.05) is 6.54 Å². The first-order valence-corrected chi connectivity index (χ1v) is 6.40. The van der Waals surface area contributed by atoms with E-state index in [1.54, 1.807) is 0 Å². The van der Waals surface area contributed by atoms with E-state index < -0.39 is 0 Å². The maximum Gasteiger partial charge on any atom is 0.251 e. The normalized spacial score (nSPS) is 18.4. The average Bonchev–Trinajstić information content (AvgIpc) is 3.01. The van der Waals surface area contributed by atoms with Crippen molar-refractivity contribution in [1.29, 1.82) is 0 Å². The van der Waals surface area contributed by atoms with E-state index in [1.807, 2.05) is 0 Å². The molecule has 0 unspecified atom stereocenters. The Morgan fingerprint density at radius 2 is 2.18 bits per heavy atom. The third kappa shape index (κ3) is 2.00. The molecule has 2 aliphatic rings. The first-order valence-electron chi connectivity index (χ1n) is 5.61. The molecule has 1 fully saturated rings. The minimum absolute atomic E-state index is 0. The number of carbonyl (C=O) groups is 1. The van der Waals surface area contributed by atoms with Crippen LogP contribution in [0.1, 0.15) is 40.5 Å². The maximum absolute atomic E-state index is 11.5. The van der Waals surface area contributed by atoms with Gasteiger partial charge in [-0.3, -0.25) is 4.79 Å². The van der Waals surface area contributed by atoms with Gasteiger partial charge < -0.3 is 15.6 Å². The molecular weight excluding hydrogens is 305 g/mol. The minimum atomic E-state index is -0.328. The number of rotatable bonds is 2. The highest BCUT2D eigenvalue weighted by Gasteiger charge is 2.34. The lowest BCUT2D eigenvalue weighted by atomic mass is 10.2. The number of amides is 1. The molecule has 1 aliphatic carbocycles. The van der Waals surface area contributed by atoms with Crippen LogP contribution in [0.4, 0.5) is 0 Å². The molecule has 3 rings (SSSR count). The van der Waals surface area contributed by atoms with Crippen molar-refractivity contribution in [3.8, 4) is 0 Å². The smallest absolute Gasteiger partial charge is 0.251 e. The lowest BCUT2D eigenvalue weighted by Crippen LogP contribution is -2.30. The fraction of sp³-hybridized carbons (Fsp3) is 0.545. The standard InChI is InChI=1S/C11H14BrN3O.ClH/c12-9-8(11(13)16)7-5-14-3-4-15(7)10(9)6-1-2-6;/h6,14H,1-5H2,(H2,13,16);1H. The monoisotopic (exact) mass is 319 g/mol. The molecule has 0 spiro atoms. The number of hydrogen-bond donors (Lipinski definition) is 2. The molecule has 0 radical (unpaired) electrons. The summed E-state index contributed by atoms with van der Waals surface area (Å²) in [5, 5.41) is 3.29. The van der Waals surface area contributed by atoms with E-state index in [1.165, 1.54) is 18.5 Å². The molecule has 0 saturated heterocycles. The topological polar surface area (TPSA) is 60.1 Å². The fourth-order valence-corrected chi connectivity index (χ4v) is 3.46. The van der Waals surface area contributed by atoms with Crippen LogP contribution in [0.25, 0.3) is 0 Å². The molecule has 4 nitrogen and oxygen atoms in total. The molecule has 1 aliphatic heterocycles. The SMILES string of the molecule is Cl.NC(=O)c1c(Br)c(C2CC2)n2c1CNCC2. The van der Waals surface area contributed by atoms with Gasteiger partial charge in [-0.05, 0) is 28.8 Å². The highest BCUT2D eigenvalue weighted by molar-refractivity contribution is 9.10. The quantitative estimate of drug-likeness (QED) is 0.872.